The maximum atomic E-state index is 12.6. The SMILES string of the molecule is C#Cc1cnn(-c2ccc(CNC(=O)c3ccc(-c4nc(C)cc(Cc5cc(C)[nH]n5)n4)cn3)cn2)c1. The monoisotopic (exact) mass is 489 g/mol. The van der Waals surface area contributed by atoms with E-state index in [0.29, 0.717) is 35.9 Å². The van der Waals surface area contributed by atoms with E-state index in [2.05, 4.69) is 46.5 Å². The van der Waals surface area contributed by atoms with Crippen molar-refractivity contribution in [2.45, 2.75) is 26.8 Å². The minimum Gasteiger partial charge on any atom is -0.347 e. The highest BCUT2D eigenvalue weighted by molar-refractivity contribution is 5.92. The molecule has 5 heterocycles. The molecule has 2 N–H and O–H groups in total. The molecule has 0 saturated carbocycles. The maximum Gasteiger partial charge on any atom is 0.270 e. The Hall–Kier alpha value is -5.17. The van der Waals surface area contributed by atoms with Gasteiger partial charge in [-0.3, -0.25) is 14.9 Å². The summed E-state index contributed by atoms with van der Waals surface area (Å²) in [7, 11) is 0. The second-order valence-corrected chi connectivity index (χ2v) is 8.50. The Kier molecular flexibility index (Phi) is 6.50. The predicted octanol–water partition coefficient (Wildman–Crippen LogP) is 2.96. The topological polar surface area (TPSA) is 127 Å². The number of carbonyl (C=O) groups is 1. The molecule has 0 aliphatic rings. The number of H-pyrrole nitrogens is 1. The van der Waals surface area contributed by atoms with Crippen LogP contribution in [0.2, 0.25) is 0 Å². The molecule has 0 spiro atoms. The summed E-state index contributed by atoms with van der Waals surface area (Å²) in [5.41, 5.74) is 6.16. The molecule has 10 heteroatoms. The number of hydrogen-bond donors (Lipinski definition) is 2. The molecule has 1 amide bonds. The molecule has 0 aliphatic carbocycles. The molecule has 37 heavy (non-hydrogen) atoms. The van der Waals surface area contributed by atoms with Crippen molar-refractivity contribution in [1.29, 1.82) is 0 Å². The van der Waals surface area contributed by atoms with Gasteiger partial charge in [0, 0.05) is 48.5 Å². The lowest BCUT2D eigenvalue weighted by Gasteiger charge is -2.08. The van der Waals surface area contributed by atoms with Crippen molar-refractivity contribution < 1.29 is 4.79 Å². The quantitative estimate of drug-likeness (QED) is 0.337. The molecule has 5 aromatic heterocycles. The largest absolute Gasteiger partial charge is 0.347 e. The molecule has 0 bridgehead atoms. The van der Waals surface area contributed by atoms with Crippen LogP contribution in [0.25, 0.3) is 17.2 Å². The van der Waals surface area contributed by atoms with Gasteiger partial charge in [0.2, 0.25) is 0 Å². The Morgan fingerprint density at radius 2 is 1.95 bits per heavy atom. The lowest BCUT2D eigenvalue weighted by molar-refractivity contribution is 0.0946. The molecule has 10 nitrogen and oxygen atoms in total. The van der Waals surface area contributed by atoms with Crippen LogP contribution in [0.3, 0.4) is 0 Å². The number of terminal acetylenes is 1. The van der Waals surface area contributed by atoms with Gasteiger partial charge in [0.05, 0.1) is 23.1 Å². The number of aryl methyl sites for hydroxylation is 2. The van der Waals surface area contributed by atoms with E-state index in [1.165, 1.54) is 0 Å². The third kappa shape index (κ3) is 5.57. The zero-order chi connectivity index (χ0) is 25.8. The number of hydrogen-bond acceptors (Lipinski definition) is 7. The van der Waals surface area contributed by atoms with Crippen LogP contribution in [0.1, 0.15) is 44.4 Å². The van der Waals surface area contributed by atoms with Gasteiger partial charge in [0.25, 0.3) is 5.91 Å². The van der Waals surface area contributed by atoms with Crippen LogP contribution in [0.5, 0.6) is 0 Å². The van der Waals surface area contributed by atoms with E-state index >= 15 is 0 Å². The summed E-state index contributed by atoms with van der Waals surface area (Å²) < 4.78 is 1.60. The molecule has 0 aromatic carbocycles. The van der Waals surface area contributed by atoms with E-state index in [1.807, 2.05) is 38.1 Å². The van der Waals surface area contributed by atoms with Crippen LogP contribution >= 0.6 is 0 Å². The van der Waals surface area contributed by atoms with Crippen LogP contribution in [0, 0.1) is 26.2 Å². The molecule has 0 aliphatic heterocycles. The number of nitrogens with one attached hydrogen (secondary N) is 2. The minimum absolute atomic E-state index is 0.291. The lowest BCUT2D eigenvalue weighted by atomic mass is 10.2. The molecule has 5 rings (SSSR count). The van der Waals surface area contributed by atoms with Crippen LogP contribution in [-0.4, -0.2) is 45.8 Å². The summed E-state index contributed by atoms with van der Waals surface area (Å²) >= 11 is 0. The third-order valence-corrected chi connectivity index (χ3v) is 5.53. The number of rotatable bonds is 7. The highest BCUT2D eigenvalue weighted by Crippen LogP contribution is 2.17. The summed E-state index contributed by atoms with van der Waals surface area (Å²) in [6.45, 7) is 4.19. The predicted molar refractivity (Wildman–Crippen MR) is 137 cm³/mol. The van der Waals surface area contributed by atoms with E-state index in [9.17, 15) is 4.79 Å². The minimum atomic E-state index is -0.291. The number of amides is 1. The molecule has 0 atom stereocenters. The standard InChI is InChI=1S/C27H23N9O/c1-4-19-14-31-36(16-19)25-8-5-20(12-29-25)13-30-27(37)24-7-6-21(15-28-24)26-32-17(2)9-22(33-26)11-23-10-18(3)34-35-23/h1,5-10,12,14-16H,11,13H2,2-3H3,(H,30,37)(H,34,35). The second kappa shape index (κ2) is 10.2. The number of pyridine rings is 2. The molecule has 0 saturated heterocycles. The van der Waals surface area contributed by atoms with Gasteiger partial charge in [0.1, 0.15) is 5.69 Å². The van der Waals surface area contributed by atoms with E-state index in [1.54, 1.807) is 41.6 Å². The fourth-order valence-corrected chi connectivity index (χ4v) is 3.72. The number of nitrogens with zero attached hydrogens (tertiary/aromatic N) is 7. The molecule has 0 radical (unpaired) electrons. The summed E-state index contributed by atoms with van der Waals surface area (Å²) in [5.74, 6) is 3.43. The Morgan fingerprint density at radius 3 is 2.62 bits per heavy atom. The van der Waals surface area contributed by atoms with Crippen molar-refractivity contribution >= 4 is 5.91 Å². The van der Waals surface area contributed by atoms with E-state index in [0.717, 1.165) is 33.9 Å². The van der Waals surface area contributed by atoms with Crippen molar-refractivity contribution in [3.05, 3.63) is 101 Å². The molecule has 0 unspecified atom stereocenters. The van der Waals surface area contributed by atoms with Crippen molar-refractivity contribution in [1.82, 2.24) is 45.2 Å². The maximum absolute atomic E-state index is 12.6. The second-order valence-electron chi connectivity index (χ2n) is 8.50. The van der Waals surface area contributed by atoms with Crippen molar-refractivity contribution in [3.8, 4) is 29.5 Å². The molecular weight excluding hydrogens is 466 g/mol. The van der Waals surface area contributed by atoms with Crippen LogP contribution in [0.15, 0.2) is 61.2 Å². The Bertz CT molecular complexity index is 1590. The van der Waals surface area contributed by atoms with Gasteiger partial charge in [-0.1, -0.05) is 12.0 Å². The Morgan fingerprint density at radius 1 is 1.05 bits per heavy atom. The van der Waals surface area contributed by atoms with Crippen molar-refractivity contribution in [3.63, 3.8) is 0 Å². The van der Waals surface area contributed by atoms with Gasteiger partial charge in [-0.15, -0.1) is 6.42 Å². The fourth-order valence-electron chi connectivity index (χ4n) is 3.72. The average molecular weight is 490 g/mol. The lowest BCUT2D eigenvalue weighted by Crippen LogP contribution is -2.23. The molecule has 5 aromatic rings. The smallest absolute Gasteiger partial charge is 0.270 e. The van der Waals surface area contributed by atoms with Crippen LogP contribution in [0.4, 0.5) is 0 Å². The first kappa shape index (κ1) is 23.6. The van der Waals surface area contributed by atoms with Gasteiger partial charge in [-0.2, -0.15) is 10.2 Å². The molecular formula is C27H23N9O. The zero-order valence-corrected chi connectivity index (χ0v) is 20.3. The van der Waals surface area contributed by atoms with Gasteiger partial charge < -0.3 is 5.32 Å². The fraction of sp³-hybridized carbons (Fsp3) is 0.148. The van der Waals surface area contributed by atoms with Crippen molar-refractivity contribution in [2.24, 2.45) is 0 Å². The van der Waals surface area contributed by atoms with Gasteiger partial charge in [0.15, 0.2) is 11.6 Å². The normalized spacial score (nSPS) is 10.7. The number of aromatic nitrogens is 8. The Balaban J connectivity index is 1.22. The van der Waals surface area contributed by atoms with E-state index < -0.39 is 0 Å². The first-order chi connectivity index (χ1) is 18.0. The highest BCUT2D eigenvalue weighted by atomic mass is 16.1. The van der Waals surface area contributed by atoms with Gasteiger partial charge in [-0.25, -0.2) is 19.6 Å². The number of carbonyl (C=O) groups excluding carboxylic acids is 1. The molecule has 0 fully saturated rings. The Labute approximate surface area is 213 Å². The zero-order valence-electron chi connectivity index (χ0n) is 20.3. The van der Waals surface area contributed by atoms with Gasteiger partial charge >= 0.3 is 0 Å². The summed E-state index contributed by atoms with van der Waals surface area (Å²) in [4.78, 5) is 30.5. The van der Waals surface area contributed by atoms with Crippen LogP contribution < -0.4 is 5.32 Å². The highest BCUT2D eigenvalue weighted by Gasteiger charge is 2.11. The van der Waals surface area contributed by atoms with E-state index in [-0.39, 0.29) is 5.91 Å². The molecule has 182 valence electrons. The summed E-state index contributed by atoms with van der Waals surface area (Å²) in [6, 6.07) is 11.1. The van der Waals surface area contributed by atoms with E-state index in [4.69, 9.17) is 6.42 Å². The van der Waals surface area contributed by atoms with Gasteiger partial charge in [-0.05, 0) is 49.7 Å². The average Bonchev–Trinajstić information content (AvgIpc) is 3.56. The summed E-state index contributed by atoms with van der Waals surface area (Å²) in [5, 5.41) is 14.3. The first-order valence-corrected chi connectivity index (χ1v) is 11.5. The number of aromatic amines is 1. The first-order valence-electron chi connectivity index (χ1n) is 11.5. The van der Waals surface area contributed by atoms with Crippen molar-refractivity contribution in [2.75, 3.05) is 0 Å². The summed E-state index contributed by atoms with van der Waals surface area (Å²) in [6.07, 6.45) is 12.6. The third-order valence-electron chi connectivity index (χ3n) is 5.53. The van der Waals surface area contributed by atoms with Crippen LogP contribution in [-0.2, 0) is 13.0 Å².